The van der Waals surface area contributed by atoms with E-state index in [0.29, 0.717) is 37.6 Å². The maximum atomic E-state index is 12.4. The van der Waals surface area contributed by atoms with Gasteiger partial charge in [-0.1, -0.05) is 32.0 Å². The van der Waals surface area contributed by atoms with Crippen LogP contribution in [0.4, 0.5) is 0 Å². The SMILES string of the molecule is CCN(CC)CCOc1ccccc1CNC(=O)CCc1ncc(-c2ccc(OC)cc2)o1. The number of benzene rings is 2. The van der Waals surface area contributed by atoms with E-state index in [1.807, 2.05) is 48.5 Å². The second-order valence-electron chi connectivity index (χ2n) is 7.61. The third kappa shape index (κ3) is 7.36. The summed E-state index contributed by atoms with van der Waals surface area (Å²) in [6.45, 7) is 8.21. The summed E-state index contributed by atoms with van der Waals surface area (Å²) in [4.78, 5) is 19.0. The lowest BCUT2D eigenvalue weighted by atomic mass is 10.2. The number of oxazole rings is 1. The molecule has 1 amide bonds. The Kier molecular flexibility index (Phi) is 9.32. The molecule has 0 fully saturated rings. The monoisotopic (exact) mass is 451 g/mol. The van der Waals surface area contributed by atoms with Crippen molar-refractivity contribution in [2.75, 3.05) is 33.4 Å². The Labute approximate surface area is 195 Å². The molecule has 1 N–H and O–H groups in total. The van der Waals surface area contributed by atoms with Gasteiger partial charge >= 0.3 is 0 Å². The first kappa shape index (κ1) is 24.3. The zero-order valence-electron chi connectivity index (χ0n) is 19.7. The van der Waals surface area contributed by atoms with E-state index >= 15 is 0 Å². The predicted molar refractivity (Wildman–Crippen MR) is 128 cm³/mol. The van der Waals surface area contributed by atoms with Crippen LogP contribution in [0.15, 0.2) is 59.1 Å². The van der Waals surface area contributed by atoms with Crippen LogP contribution in [0.5, 0.6) is 11.5 Å². The van der Waals surface area contributed by atoms with E-state index in [1.54, 1.807) is 13.3 Å². The third-order valence-electron chi connectivity index (χ3n) is 5.50. The molecule has 7 nitrogen and oxygen atoms in total. The van der Waals surface area contributed by atoms with Crippen molar-refractivity contribution in [2.24, 2.45) is 0 Å². The summed E-state index contributed by atoms with van der Waals surface area (Å²) < 4.78 is 16.9. The van der Waals surface area contributed by atoms with Crippen molar-refractivity contribution in [2.45, 2.75) is 33.2 Å². The number of nitrogens with zero attached hydrogens (tertiary/aromatic N) is 2. The number of nitrogens with one attached hydrogen (secondary N) is 1. The smallest absolute Gasteiger partial charge is 0.220 e. The topological polar surface area (TPSA) is 76.8 Å². The molecule has 3 rings (SSSR count). The van der Waals surface area contributed by atoms with Crippen LogP contribution in [-0.2, 0) is 17.8 Å². The van der Waals surface area contributed by atoms with Crippen molar-refractivity contribution < 1.29 is 18.7 Å². The lowest BCUT2D eigenvalue weighted by Gasteiger charge is -2.19. The quantitative estimate of drug-likeness (QED) is 0.417. The fourth-order valence-corrected chi connectivity index (χ4v) is 3.43. The van der Waals surface area contributed by atoms with Gasteiger partial charge in [0.15, 0.2) is 11.7 Å². The van der Waals surface area contributed by atoms with Crippen LogP contribution in [-0.4, -0.2) is 49.1 Å². The minimum atomic E-state index is -0.0582. The molecular weight excluding hydrogens is 418 g/mol. The second-order valence-corrected chi connectivity index (χ2v) is 7.61. The summed E-state index contributed by atoms with van der Waals surface area (Å²) in [5.41, 5.74) is 1.87. The third-order valence-corrected chi connectivity index (χ3v) is 5.50. The molecule has 0 bridgehead atoms. The molecule has 176 valence electrons. The molecule has 3 aromatic rings. The number of likely N-dealkylation sites (N-methyl/N-ethyl adjacent to an activating group) is 1. The molecule has 1 heterocycles. The van der Waals surface area contributed by atoms with Crippen molar-refractivity contribution in [1.29, 1.82) is 0 Å². The number of aryl methyl sites for hydroxylation is 1. The molecule has 0 saturated heterocycles. The Morgan fingerprint density at radius 2 is 1.85 bits per heavy atom. The molecule has 1 aromatic heterocycles. The first-order valence-electron chi connectivity index (χ1n) is 11.4. The van der Waals surface area contributed by atoms with Crippen molar-refractivity contribution in [1.82, 2.24) is 15.2 Å². The van der Waals surface area contributed by atoms with Crippen LogP contribution < -0.4 is 14.8 Å². The highest BCUT2D eigenvalue weighted by Gasteiger charge is 2.11. The molecule has 0 aliphatic heterocycles. The molecule has 0 unspecified atom stereocenters. The van der Waals surface area contributed by atoms with E-state index in [2.05, 4.69) is 29.0 Å². The summed E-state index contributed by atoms with van der Waals surface area (Å²) >= 11 is 0. The van der Waals surface area contributed by atoms with Gasteiger partial charge in [0.1, 0.15) is 18.1 Å². The normalized spacial score (nSPS) is 10.9. The molecule has 33 heavy (non-hydrogen) atoms. The van der Waals surface area contributed by atoms with Crippen molar-refractivity contribution in [3.05, 3.63) is 66.2 Å². The summed E-state index contributed by atoms with van der Waals surface area (Å²) in [6.07, 6.45) is 2.42. The first-order chi connectivity index (χ1) is 16.1. The first-order valence-corrected chi connectivity index (χ1v) is 11.4. The number of ether oxygens (including phenoxy) is 2. The number of amides is 1. The van der Waals surface area contributed by atoms with Crippen LogP contribution >= 0.6 is 0 Å². The maximum absolute atomic E-state index is 12.4. The Balaban J connectivity index is 1.46. The van der Waals surface area contributed by atoms with Gasteiger partial charge in [0.25, 0.3) is 0 Å². The van der Waals surface area contributed by atoms with Crippen LogP contribution in [0.2, 0.25) is 0 Å². The lowest BCUT2D eigenvalue weighted by molar-refractivity contribution is -0.121. The second kappa shape index (κ2) is 12.6. The molecule has 0 atom stereocenters. The van der Waals surface area contributed by atoms with E-state index < -0.39 is 0 Å². The number of methoxy groups -OCH3 is 1. The molecule has 0 radical (unpaired) electrons. The highest BCUT2D eigenvalue weighted by Crippen LogP contribution is 2.23. The van der Waals surface area contributed by atoms with Gasteiger partial charge in [0, 0.05) is 37.1 Å². The number of aromatic nitrogens is 1. The van der Waals surface area contributed by atoms with Crippen LogP contribution in [0.1, 0.15) is 31.7 Å². The number of carbonyl (C=O) groups excluding carboxylic acids is 1. The minimum absolute atomic E-state index is 0.0582. The molecule has 7 heteroatoms. The van der Waals surface area contributed by atoms with Crippen molar-refractivity contribution in [3.8, 4) is 22.8 Å². The standard InChI is InChI=1S/C26H33N3O4/c1-4-29(5-2)16-17-32-23-9-7-6-8-21(23)18-27-25(30)14-15-26-28-19-24(33-26)20-10-12-22(31-3)13-11-20/h6-13,19H,4-5,14-18H2,1-3H3,(H,27,30). The minimum Gasteiger partial charge on any atom is -0.497 e. The van der Waals surface area contributed by atoms with Crippen molar-refractivity contribution >= 4 is 5.91 Å². The molecule has 2 aromatic carbocycles. The van der Waals surface area contributed by atoms with Crippen LogP contribution in [0.25, 0.3) is 11.3 Å². The summed E-state index contributed by atoms with van der Waals surface area (Å²) in [7, 11) is 1.63. The number of para-hydroxylation sites is 1. The Bertz CT molecular complexity index is 997. The number of hydrogen-bond donors (Lipinski definition) is 1. The fourth-order valence-electron chi connectivity index (χ4n) is 3.43. The average Bonchev–Trinajstić information content (AvgIpc) is 3.34. The number of rotatable bonds is 13. The van der Waals surface area contributed by atoms with Gasteiger partial charge in [-0.15, -0.1) is 0 Å². The lowest BCUT2D eigenvalue weighted by Crippen LogP contribution is -2.28. The van der Waals surface area contributed by atoms with Crippen LogP contribution in [0.3, 0.4) is 0 Å². The van der Waals surface area contributed by atoms with E-state index in [-0.39, 0.29) is 5.91 Å². The summed E-state index contributed by atoms with van der Waals surface area (Å²) in [5.74, 6) is 2.74. The van der Waals surface area contributed by atoms with E-state index in [4.69, 9.17) is 13.9 Å². The van der Waals surface area contributed by atoms with Gasteiger partial charge in [-0.2, -0.15) is 0 Å². The number of hydrogen-bond acceptors (Lipinski definition) is 6. The highest BCUT2D eigenvalue weighted by atomic mass is 16.5. The average molecular weight is 452 g/mol. The molecule has 0 aliphatic carbocycles. The largest absolute Gasteiger partial charge is 0.497 e. The van der Waals surface area contributed by atoms with Gasteiger partial charge in [0.2, 0.25) is 5.91 Å². The predicted octanol–water partition coefficient (Wildman–Crippen LogP) is 4.32. The van der Waals surface area contributed by atoms with Gasteiger partial charge in [-0.3, -0.25) is 4.79 Å². The van der Waals surface area contributed by atoms with Gasteiger partial charge in [-0.25, -0.2) is 4.98 Å². The van der Waals surface area contributed by atoms with Gasteiger partial charge in [-0.05, 0) is 43.4 Å². The summed E-state index contributed by atoms with van der Waals surface area (Å²) in [5, 5.41) is 2.97. The highest BCUT2D eigenvalue weighted by molar-refractivity contribution is 5.76. The molecule has 0 spiro atoms. The molecular formula is C26H33N3O4. The van der Waals surface area contributed by atoms with E-state index in [1.165, 1.54) is 0 Å². The Hall–Kier alpha value is -3.32. The van der Waals surface area contributed by atoms with Crippen LogP contribution in [0, 0.1) is 0 Å². The van der Waals surface area contributed by atoms with E-state index in [0.717, 1.165) is 42.3 Å². The molecule has 0 aliphatic rings. The van der Waals surface area contributed by atoms with Gasteiger partial charge < -0.3 is 24.1 Å². The van der Waals surface area contributed by atoms with Gasteiger partial charge in [0.05, 0.1) is 13.3 Å². The summed E-state index contributed by atoms with van der Waals surface area (Å²) in [6, 6.07) is 15.4. The zero-order chi connectivity index (χ0) is 23.5. The Morgan fingerprint density at radius 1 is 1.09 bits per heavy atom. The zero-order valence-corrected chi connectivity index (χ0v) is 19.7. The maximum Gasteiger partial charge on any atom is 0.220 e. The van der Waals surface area contributed by atoms with E-state index in [9.17, 15) is 4.79 Å². The van der Waals surface area contributed by atoms with Crippen molar-refractivity contribution in [3.63, 3.8) is 0 Å². The number of carbonyl (C=O) groups is 1. The molecule has 0 saturated carbocycles. The Morgan fingerprint density at radius 3 is 2.58 bits per heavy atom. The fraction of sp³-hybridized carbons (Fsp3) is 0.385.